The van der Waals surface area contributed by atoms with Crippen LogP contribution in [0, 0.1) is 0 Å². The highest BCUT2D eigenvalue weighted by molar-refractivity contribution is 5.98. The highest BCUT2D eigenvalue weighted by atomic mass is 16.4. The minimum absolute atomic E-state index is 0.148. The van der Waals surface area contributed by atoms with E-state index in [4.69, 9.17) is 10.9 Å². The van der Waals surface area contributed by atoms with E-state index in [-0.39, 0.29) is 5.84 Å². The van der Waals surface area contributed by atoms with Crippen LogP contribution in [0.5, 0.6) is 0 Å². The number of amidine groups is 1. The third-order valence-electron chi connectivity index (χ3n) is 2.21. The third-order valence-corrected chi connectivity index (χ3v) is 2.21. The van der Waals surface area contributed by atoms with E-state index in [1.807, 2.05) is 7.05 Å². The molecule has 0 bridgehead atoms. The Labute approximate surface area is 75.8 Å². The molecule has 1 aromatic rings. The molecule has 2 rings (SSSR count). The van der Waals surface area contributed by atoms with Crippen LogP contribution in [0.15, 0.2) is 11.4 Å². The number of aromatic nitrogens is 2. The lowest BCUT2D eigenvalue weighted by Gasteiger charge is -1.95. The SMILES string of the molecule is Cn1cc(/C(N)=N\O)c(C2CC2)n1. The lowest BCUT2D eigenvalue weighted by atomic mass is 10.2. The normalized spacial score (nSPS) is 17.8. The minimum atomic E-state index is 0.148. The number of aryl methyl sites for hydroxylation is 1. The van der Waals surface area contributed by atoms with Crippen molar-refractivity contribution in [2.24, 2.45) is 17.9 Å². The van der Waals surface area contributed by atoms with Crippen LogP contribution in [0.4, 0.5) is 0 Å². The Morgan fingerprint density at radius 1 is 1.77 bits per heavy atom. The van der Waals surface area contributed by atoms with Crippen LogP contribution in [0.3, 0.4) is 0 Å². The quantitative estimate of drug-likeness (QED) is 0.299. The van der Waals surface area contributed by atoms with Crippen molar-refractivity contribution in [2.45, 2.75) is 18.8 Å². The molecule has 0 spiro atoms. The maximum absolute atomic E-state index is 8.55. The van der Waals surface area contributed by atoms with E-state index < -0.39 is 0 Å². The first-order chi connectivity index (χ1) is 6.22. The van der Waals surface area contributed by atoms with Crippen LogP contribution in [-0.4, -0.2) is 20.8 Å². The van der Waals surface area contributed by atoms with E-state index >= 15 is 0 Å². The Bertz CT molecular complexity index is 351. The van der Waals surface area contributed by atoms with Gasteiger partial charge in [-0.05, 0) is 12.8 Å². The zero-order valence-corrected chi connectivity index (χ0v) is 7.44. The second-order valence-corrected chi connectivity index (χ2v) is 3.36. The molecule has 1 heterocycles. The first-order valence-corrected chi connectivity index (χ1v) is 4.24. The molecular weight excluding hydrogens is 168 g/mol. The van der Waals surface area contributed by atoms with Crippen LogP contribution < -0.4 is 5.73 Å². The predicted octanol–water partition coefficient (Wildman–Crippen LogP) is 0.392. The highest BCUT2D eigenvalue weighted by Gasteiger charge is 2.30. The Morgan fingerprint density at radius 2 is 2.46 bits per heavy atom. The van der Waals surface area contributed by atoms with Gasteiger partial charge in [0.2, 0.25) is 0 Å². The van der Waals surface area contributed by atoms with Gasteiger partial charge < -0.3 is 10.9 Å². The van der Waals surface area contributed by atoms with Gasteiger partial charge in [-0.1, -0.05) is 5.16 Å². The molecule has 13 heavy (non-hydrogen) atoms. The van der Waals surface area contributed by atoms with Gasteiger partial charge in [0.15, 0.2) is 5.84 Å². The van der Waals surface area contributed by atoms with Crippen LogP contribution in [0.2, 0.25) is 0 Å². The zero-order valence-electron chi connectivity index (χ0n) is 7.44. The summed E-state index contributed by atoms with van der Waals surface area (Å²) < 4.78 is 1.70. The smallest absolute Gasteiger partial charge is 0.173 e. The van der Waals surface area contributed by atoms with Crippen molar-refractivity contribution in [3.63, 3.8) is 0 Å². The Hall–Kier alpha value is -1.52. The van der Waals surface area contributed by atoms with Gasteiger partial charge in [0.05, 0.1) is 11.3 Å². The van der Waals surface area contributed by atoms with E-state index in [0.717, 1.165) is 24.1 Å². The maximum Gasteiger partial charge on any atom is 0.173 e. The van der Waals surface area contributed by atoms with Gasteiger partial charge in [0.1, 0.15) is 0 Å². The van der Waals surface area contributed by atoms with Gasteiger partial charge in [0, 0.05) is 19.2 Å². The lowest BCUT2D eigenvalue weighted by molar-refractivity contribution is 0.318. The van der Waals surface area contributed by atoms with Crippen molar-refractivity contribution in [1.82, 2.24) is 9.78 Å². The molecule has 3 N–H and O–H groups in total. The van der Waals surface area contributed by atoms with E-state index in [9.17, 15) is 0 Å². The minimum Gasteiger partial charge on any atom is -0.409 e. The molecule has 70 valence electrons. The summed E-state index contributed by atoms with van der Waals surface area (Å²) in [5.74, 6) is 0.659. The van der Waals surface area contributed by atoms with Crippen molar-refractivity contribution < 1.29 is 5.21 Å². The van der Waals surface area contributed by atoms with Crippen LogP contribution in [0.25, 0.3) is 0 Å². The molecule has 1 aliphatic rings. The van der Waals surface area contributed by atoms with Crippen molar-refractivity contribution in [3.05, 3.63) is 17.5 Å². The van der Waals surface area contributed by atoms with Gasteiger partial charge in [-0.25, -0.2) is 0 Å². The van der Waals surface area contributed by atoms with Gasteiger partial charge in [-0.2, -0.15) is 5.10 Å². The fraction of sp³-hybridized carbons (Fsp3) is 0.500. The molecule has 0 atom stereocenters. The van der Waals surface area contributed by atoms with Crippen molar-refractivity contribution in [3.8, 4) is 0 Å². The average Bonchev–Trinajstić information content (AvgIpc) is 2.89. The summed E-state index contributed by atoms with van der Waals surface area (Å²) in [6, 6.07) is 0. The second kappa shape index (κ2) is 2.76. The summed E-state index contributed by atoms with van der Waals surface area (Å²) in [6.45, 7) is 0. The van der Waals surface area contributed by atoms with Gasteiger partial charge in [-0.15, -0.1) is 0 Å². The fourth-order valence-corrected chi connectivity index (χ4v) is 1.42. The van der Waals surface area contributed by atoms with Gasteiger partial charge in [-0.3, -0.25) is 4.68 Å². The number of oxime groups is 1. The van der Waals surface area contributed by atoms with Crippen LogP contribution >= 0.6 is 0 Å². The van der Waals surface area contributed by atoms with Crippen LogP contribution in [0.1, 0.15) is 30.0 Å². The number of nitrogens with zero attached hydrogens (tertiary/aromatic N) is 3. The Balaban J connectivity index is 2.42. The average molecular weight is 180 g/mol. The summed E-state index contributed by atoms with van der Waals surface area (Å²) in [7, 11) is 1.83. The second-order valence-electron chi connectivity index (χ2n) is 3.36. The molecule has 1 saturated carbocycles. The molecule has 0 amide bonds. The summed E-state index contributed by atoms with van der Waals surface area (Å²) >= 11 is 0. The van der Waals surface area contributed by atoms with Crippen LogP contribution in [-0.2, 0) is 7.05 Å². The summed E-state index contributed by atoms with van der Waals surface area (Å²) in [6.07, 6.45) is 4.09. The number of hydrogen-bond acceptors (Lipinski definition) is 3. The van der Waals surface area contributed by atoms with Gasteiger partial charge in [0.25, 0.3) is 0 Å². The number of rotatable bonds is 2. The molecule has 1 aliphatic carbocycles. The molecule has 0 aliphatic heterocycles. The number of hydrogen-bond donors (Lipinski definition) is 2. The zero-order chi connectivity index (χ0) is 9.42. The Kier molecular flexibility index (Phi) is 1.72. The molecular formula is C8H12N4O. The molecule has 5 heteroatoms. The summed E-state index contributed by atoms with van der Waals surface area (Å²) in [5, 5.41) is 15.8. The predicted molar refractivity (Wildman–Crippen MR) is 47.7 cm³/mol. The first-order valence-electron chi connectivity index (χ1n) is 4.24. The topological polar surface area (TPSA) is 76.4 Å². The monoisotopic (exact) mass is 180 g/mol. The molecule has 1 fully saturated rings. The highest BCUT2D eigenvalue weighted by Crippen LogP contribution is 2.40. The van der Waals surface area contributed by atoms with E-state index in [1.54, 1.807) is 10.9 Å². The molecule has 0 aromatic carbocycles. The lowest BCUT2D eigenvalue weighted by Crippen LogP contribution is -2.14. The van der Waals surface area contributed by atoms with Crippen molar-refractivity contribution in [2.75, 3.05) is 0 Å². The molecule has 5 nitrogen and oxygen atoms in total. The third kappa shape index (κ3) is 1.37. The fourth-order valence-electron chi connectivity index (χ4n) is 1.42. The van der Waals surface area contributed by atoms with E-state index in [2.05, 4.69) is 10.3 Å². The van der Waals surface area contributed by atoms with Crippen molar-refractivity contribution in [1.29, 1.82) is 0 Å². The number of nitrogens with two attached hydrogens (primary N) is 1. The largest absolute Gasteiger partial charge is 0.409 e. The van der Waals surface area contributed by atoms with Gasteiger partial charge >= 0.3 is 0 Å². The first kappa shape index (κ1) is 8.10. The summed E-state index contributed by atoms with van der Waals surface area (Å²) in [5.41, 5.74) is 7.23. The van der Waals surface area contributed by atoms with E-state index in [0.29, 0.717) is 5.92 Å². The molecule has 0 unspecified atom stereocenters. The maximum atomic E-state index is 8.55. The summed E-state index contributed by atoms with van der Waals surface area (Å²) in [4.78, 5) is 0. The molecule has 0 saturated heterocycles. The van der Waals surface area contributed by atoms with E-state index in [1.165, 1.54) is 0 Å². The molecule has 0 radical (unpaired) electrons. The standard InChI is InChI=1S/C8H12N4O/c1-12-4-6(8(9)11-13)7(10-12)5-2-3-5/h4-5,13H,2-3H2,1H3,(H2,9,11). The Morgan fingerprint density at radius 3 is 3.00 bits per heavy atom. The van der Waals surface area contributed by atoms with Crippen molar-refractivity contribution >= 4 is 5.84 Å². The molecule has 1 aromatic heterocycles.